The van der Waals surface area contributed by atoms with E-state index in [9.17, 15) is 9.59 Å². The number of fused-ring (bicyclic) bond motifs is 1. The van der Waals surface area contributed by atoms with E-state index in [1.54, 1.807) is 0 Å². The fraction of sp³-hybridized carbons (Fsp3) is 0.444. The summed E-state index contributed by atoms with van der Waals surface area (Å²) in [6.07, 6.45) is 8.53. The Morgan fingerprint density at radius 3 is 2.65 bits per heavy atom. The average Bonchev–Trinajstić information content (AvgIpc) is 3.21. The van der Waals surface area contributed by atoms with Gasteiger partial charge in [0.05, 0.1) is 6.42 Å². The Hall–Kier alpha value is -2.30. The standard InChI is InChI=1S/C18H23N3O2/c22-17(10-9-13-5-1-2-6-13)20-21-18(23)11-14-12-19-16-8-4-3-7-15(14)16/h3-4,7-8,12-13,19H,1-2,5-6,9-11H2,(H,20,22)(H,21,23). The molecule has 0 unspecified atom stereocenters. The summed E-state index contributed by atoms with van der Waals surface area (Å²) in [7, 11) is 0. The number of H-pyrrole nitrogens is 1. The fourth-order valence-corrected chi connectivity index (χ4v) is 3.33. The lowest BCUT2D eigenvalue weighted by atomic mass is 10.0. The van der Waals surface area contributed by atoms with Crippen molar-refractivity contribution in [2.75, 3.05) is 0 Å². The quantitative estimate of drug-likeness (QED) is 0.743. The highest BCUT2D eigenvalue weighted by Crippen LogP contribution is 2.28. The highest BCUT2D eigenvalue weighted by molar-refractivity contribution is 5.89. The zero-order chi connectivity index (χ0) is 16.1. The number of benzene rings is 1. The van der Waals surface area contributed by atoms with Gasteiger partial charge in [0, 0.05) is 23.5 Å². The highest BCUT2D eigenvalue weighted by atomic mass is 16.2. The van der Waals surface area contributed by atoms with Crippen LogP contribution in [0.15, 0.2) is 30.5 Å². The number of hydrazine groups is 1. The van der Waals surface area contributed by atoms with Crippen molar-refractivity contribution in [1.82, 2.24) is 15.8 Å². The molecule has 1 aromatic heterocycles. The summed E-state index contributed by atoms with van der Waals surface area (Å²) in [5.41, 5.74) is 6.97. The Kier molecular flexibility index (Phi) is 4.95. The average molecular weight is 313 g/mol. The first kappa shape index (κ1) is 15.6. The lowest BCUT2D eigenvalue weighted by Crippen LogP contribution is -2.42. The van der Waals surface area contributed by atoms with Crippen LogP contribution in [0, 0.1) is 5.92 Å². The van der Waals surface area contributed by atoms with Crippen LogP contribution in [0.3, 0.4) is 0 Å². The van der Waals surface area contributed by atoms with Gasteiger partial charge in [0.15, 0.2) is 0 Å². The van der Waals surface area contributed by atoms with Crippen molar-refractivity contribution in [1.29, 1.82) is 0 Å². The van der Waals surface area contributed by atoms with Gasteiger partial charge in [0.25, 0.3) is 0 Å². The van der Waals surface area contributed by atoms with E-state index in [1.807, 2.05) is 30.5 Å². The Morgan fingerprint density at radius 2 is 1.83 bits per heavy atom. The van der Waals surface area contributed by atoms with Gasteiger partial charge in [-0.2, -0.15) is 0 Å². The Labute approximate surface area is 135 Å². The molecule has 1 fully saturated rings. The molecule has 3 rings (SSSR count). The van der Waals surface area contributed by atoms with Crippen LogP contribution < -0.4 is 10.9 Å². The zero-order valence-electron chi connectivity index (χ0n) is 13.2. The molecule has 5 heteroatoms. The Morgan fingerprint density at radius 1 is 1.09 bits per heavy atom. The maximum Gasteiger partial charge on any atom is 0.242 e. The first-order valence-corrected chi connectivity index (χ1v) is 8.35. The van der Waals surface area contributed by atoms with E-state index in [0.717, 1.165) is 22.9 Å². The monoisotopic (exact) mass is 313 g/mol. The lowest BCUT2D eigenvalue weighted by molar-refractivity contribution is -0.128. The number of aromatic nitrogens is 1. The van der Waals surface area contributed by atoms with Crippen molar-refractivity contribution in [3.05, 3.63) is 36.0 Å². The number of hydrogen-bond donors (Lipinski definition) is 3. The zero-order valence-corrected chi connectivity index (χ0v) is 13.2. The molecule has 0 atom stereocenters. The first-order valence-electron chi connectivity index (χ1n) is 8.35. The van der Waals surface area contributed by atoms with Crippen molar-refractivity contribution in [2.45, 2.75) is 44.9 Å². The third kappa shape index (κ3) is 4.12. The number of hydrogen-bond acceptors (Lipinski definition) is 2. The molecule has 5 nitrogen and oxygen atoms in total. The summed E-state index contributed by atoms with van der Waals surface area (Å²) < 4.78 is 0. The third-order valence-electron chi connectivity index (χ3n) is 4.62. The molecule has 2 aromatic rings. The molecule has 0 bridgehead atoms. The minimum absolute atomic E-state index is 0.107. The Bertz CT molecular complexity index is 686. The van der Waals surface area contributed by atoms with E-state index in [0.29, 0.717) is 12.3 Å². The molecule has 0 spiro atoms. The minimum Gasteiger partial charge on any atom is -0.361 e. The number of amides is 2. The summed E-state index contributed by atoms with van der Waals surface area (Å²) in [5, 5.41) is 1.04. The van der Waals surface area contributed by atoms with Crippen LogP contribution in [0.2, 0.25) is 0 Å². The second kappa shape index (κ2) is 7.31. The molecule has 23 heavy (non-hydrogen) atoms. The molecule has 0 radical (unpaired) electrons. The third-order valence-corrected chi connectivity index (χ3v) is 4.62. The predicted molar refractivity (Wildman–Crippen MR) is 89.5 cm³/mol. The van der Waals surface area contributed by atoms with E-state index in [-0.39, 0.29) is 18.2 Å². The van der Waals surface area contributed by atoms with Gasteiger partial charge < -0.3 is 4.98 Å². The van der Waals surface area contributed by atoms with Crippen LogP contribution in [-0.4, -0.2) is 16.8 Å². The van der Waals surface area contributed by atoms with Gasteiger partial charge in [0.2, 0.25) is 11.8 Å². The molecule has 122 valence electrons. The summed E-state index contributed by atoms with van der Waals surface area (Å²) in [6, 6.07) is 7.85. The smallest absolute Gasteiger partial charge is 0.242 e. The van der Waals surface area contributed by atoms with Gasteiger partial charge in [-0.15, -0.1) is 0 Å². The molecule has 1 aromatic carbocycles. The molecule has 0 aliphatic heterocycles. The van der Waals surface area contributed by atoms with Gasteiger partial charge >= 0.3 is 0 Å². The van der Waals surface area contributed by atoms with Crippen LogP contribution in [0.4, 0.5) is 0 Å². The molecule has 1 aliphatic carbocycles. The fourth-order valence-electron chi connectivity index (χ4n) is 3.33. The molecular formula is C18H23N3O2. The van der Waals surface area contributed by atoms with Gasteiger partial charge in [0.1, 0.15) is 0 Å². The largest absolute Gasteiger partial charge is 0.361 e. The number of carbonyl (C=O) groups is 2. The van der Waals surface area contributed by atoms with Crippen molar-refractivity contribution < 1.29 is 9.59 Å². The summed E-state index contributed by atoms with van der Waals surface area (Å²) >= 11 is 0. The maximum atomic E-state index is 12.0. The second-order valence-electron chi connectivity index (χ2n) is 6.32. The molecule has 2 amide bonds. The van der Waals surface area contributed by atoms with Crippen molar-refractivity contribution in [2.24, 2.45) is 5.92 Å². The number of para-hydroxylation sites is 1. The number of carbonyl (C=O) groups excluding carboxylic acids is 2. The Balaban J connectivity index is 1.43. The summed E-state index contributed by atoms with van der Waals surface area (Å²) in [4.78, 5) is 26.9. The van der Waals surface area contributed by atoms with E-state index >= 15 is 0 Å². The number of rotatable bonds is 5. The lowest BCUT2D eigenvalue weighted by Gasteiger charge is -2.10. The molecule has 3 N–H and O–H groups in total. The van der Waals surface area contributed by atoms with Crippen molar-refractivity contribution in [3.8, 4) is 0 Å². The number of nitrogens with one attached hydrogen (secondary N) is 3. The van der Waals surface area contributed by atoms with E-state index in [4.69, 9.17) is 0 Å². The van der Waals surface area contributed by atoms with Crippen molar-refractivity contribution >= 4 is 22.7 Å². The normalized spacial score (nSPS) is 15.0. The van der Waals surface area contributed by atoms with E-state index in [1.165, 1.54) is 25.7 Å². The molecule has 1 heterocycles. The first-order chi connectivity index (χ1) is 11.2. The van der Waals surface area contributed by atoms with Crippen molar-refractivity contribution in [3.63, 3.8) is 0 Å². The van der Waals surface area contributed by atoms with Gasteiger partial charge in [-0.05, 0) is 24.0 Å². The molecule has 1 saturated carbocycles. The summed E-state index contributed by atoms with van der Waals surface area (Å²) in [6.45, 7) is 0. The van der Waals surface area contributed by atoms with Gasteiger partial charge in [-0.3, -0.25) is 20.4 Å². The van der Waals surface area contributed by atoms with Crippen LogP contribution in [0.5, 0.6) is 0 Å². The maximum absolute atomic E-state index is 12.0. The topological polar surface area (TPSA) is 74.0 Å². The van der Waals surface area contributed by atoms with Crippen LogP contribution in [0.25, 0.3) is 10.9 Å². The highest BCUT2D eigenvalue weighted by Gasteiger charge is 2.16. The minimum atomic E-state index is -0.205. The van der Waals surface area contributed by atoms with E-state index in [2.05, 4.69) is 15.8 Å². The summed E-state index contributed by atoms with van der Waals surface area (Å²) in [5.74, 6) is 0.371. The van der Waals surface area contributed by atoms with Crippen LogP contribution in [-0.2, 0) is 16.0 Å². The molecular weight excluding hydrogens is 290 g/mol. The van der Waals surface area contributed by atoms with Crippen LogP contribution in [0.1, 0.15) is 44.1 Å². The van der Waals surface area contributed by atoms with Gasteiger partial charge in [-0.25, -0.2) is 0 Å². The van der Waals surface area contributed by atoms with E-state index < -0.39 is 0 Å². The molecule has 1 aliphatic rings. The van der Waals surface area contributed by atoms with Crippen LogP contribution >= 0.6 is 0 Å². The van der Waals surface area contributed by atoms with Gasteiger partial charge in [-0.1, -0.05) is 43.9 Å². The SMILES string of the molecule is O=C(CCC1CCCC1)NNC(=O)Cc1c[nH]c2ccccc12. The molecule has 0 saturated heterocycles. The second-order valence-corrected chi connectivity index (χ2v) is 6.32. The number of aromatic amines is 1. The predicted octanol–water partition coefficient (Wildman–Crippen LogP) is 2.83.